The number of ketones is 1. The van der Waals surface area contributed by atoms with Crippen LogP contribution in [-0.4, -0.2) is 57.1 Å². The fraction of sp³-hybridized carbons (Fsp3) is 0.300. The van der Waals surface area contributed by atoms with Crippen molar-refractivity contribution in [2.24, 2.45) is 0 Å². The molecule has 25 heavy (non-hydrogen) atoms. The van der Waals surface area contributed by atoms with Crippen LogP contribution in [0.15, 0.2) is 42.5 Å². The van der Waals surface area contributed by atoms with Gasteiger partial charge in [-0.05, 0) is 23.3 Å². The van der Waals surface area contributed by atoms with Crippen LogP contribution in [0.4, 0.5) is 0 Å². The third-order valence-electron chi connectivity index (χ3n) is 4.39. The molecular weight excluding hydrogens is 318 g/mol. The Morgan fingerprint density at radius 1 is 0.880 bits per heavy atom. The van der Waals surface area contributed by atoms with Gasteiger partial charge in [-0.3, -0.25) is 9.59 Å². The molecule has 0 unspecified atom stereocenters. The molecule has 5 nitrogen and oxygen atoms in total. The third kappa shape index (κ3) is 3.34. The van der Waals surface area contributed by atoms with Crippen molar-refractivity contribution in [3.63, 3.8) is 0 Å². The van der Waals surface area contributed by atoms with Crippen molar-refractivity contribution >= 4 is 11.7 Å². The Bertz CT molecular complexity index is 792. The van der Waals surface area contributed by atoms with E-state index in [1.54, 1.807) is 31.3 Å². The van der Waals surface area contributed by atoms with Crippen LogP contribution in [0.1, 0.15) is 26.3 Å². The van der Waals surface area contributed by atoms with Crippen LogP contribution in [0.2, 0.25) is 0 Å². The summed E-state index contributed by atoms with van der Waals surface area (Å²) in [5.41, 5.74) is 3.60. The molecule has 1 aliphatic carbocycles. The summed E-state index contributed by atoms with van der Waals surface area (Å²) < 4.78 is 10.2. The number of benzene rings is 2. The van der Waals surface area contributed by atoms with E-state index in [9.17, 15) is 9.59 Å². The molecule has 0 atom stereocenters. The lowest BCUT2D eigenvalue weighted by Crippen LogP contribution is -2.36. The maximum absolute atomic E-state index is 12.8. The summed E-state index contributed by atoms with van der Waals surface area (Å²) in [7, 11) is 3.20. The van der Waals surface area contributed by atoms with E-state index in [1.807, 2.05) is 30.3 Å². The van der Waals surface area contributed by atoms with Gasteiger partial charge in [0.05, 0.1) is 13.2 Å². The molecule has 2 aromatic rings. The van der Waals surface area contributed by atoms with Gasteiger partial charge < -0.3 is 14.4 Å². The maximum Gasteiger partial charge on any atom is 0.254 e. The van der Waals surface area contributed by atoms with Crippen LogP contribution in [0.3, 0.4) is 0 Å². The van der Waals surface area contributed by atoms with Gasteiger partial charge in [-0.15, -0.1) is 0 Å². The second kappa shape index (κ2) is 7.59. The first kappa shape index (κ1) is 17.3. The van der Waals surface area contributed by atoms with Crippen molar-refractivity contribution < 1.29 is 19.1 Å². The highest BCUT2D eigenvalue weighted by Gasteiger charge is 2.27. The van der Waals surface area contributed by atoms with E-state index in [2.05, 4.69) is 0 Å². The van der Waals surface area contributed by atoms with E-state index in [0.29, 0.717) is 43.0 Å². The van der Waals surface area contributed by atoms with Crippen LogP contribution in [0.5, 0.6) is 0 Å². The molecule has 0 saturated heterocycles. The molecule has 0 heterocycles. The maximum atomic E-state index is 12.8. The van der Waals surface area contributed by atoms with Crippen molar-refractivity contribution in [3.8, 4) is 11.1 Å². The van der Waals surface area contributed by atoms with Crippen LogP contribution >= 0.6 is 0 Å². The minimum Gasteiger partial charge on any atom is -0.383 e. The second-order valence-corrected chi connectivity index (χ2v) is 5.91. The lowest BCUT2D eigenvalue weighted by atomic mass is 10.0. The van der Waals surface area contributed by atoms with Gasteiger partial charge in [0.25, 0.3) is 5.91 Å². The normalized spacial score (nSPS) is 12.0. The molecule has 0 bridgehead atoms. The lowest BCUT2D eigenvalue weighted by molar-refractivity contribution is 0.0627. The van der Waals surface area contributed by atoms with Gasteiger partial charge in [-0.1, -0.05) is 30.3 Å². The fourth-order valence-electron chi connectivity index (χ4n) is 3.06. The number of carbonyl (C=O) groups is 2. The van der Waals surface area contributed by atoms with Crippen molar-refractivity contribution in [2.75, 3.05) is 40.5 Å². The zero-order valence-corrected chi connectivity index (χ0v) is 14.5. The molecule has 0 N–H and O–H groups in total. The highest BCUT2D eigenvalue weighted by atomic mass is 16.5. The number of amides is 1. The number of nitrogens with zero attached hydrogens (tertiary/aromatic N) is 1. The molecule has 0 fully saturated rings. The highest BCUT2D eigenvalue weighted by molar-refractivity contribution is 6.22. The standard InChI is InChI=1S/C20H21NO4/c1-24-11-9-21(10-12-25-2)20(23)14-7-8-16-15-5-3-4-6-17(15)19(22)18(16)13-14/h3-8,13H,9-12H2,1-2H3. The number of fused-ring (bicyclic) bond motifs is 3. The van der Waals surface area contributed by atoms with E-state index in [0.717, 1.165) is 11.1 Å². The zero-order chi connectivity index (χ0) is 17.8. The predicted octanol–water partition coefficient (Wildman–Crippen LogP) is 2.63. The quantitative estimate of drug-likeness (QED) is 0.664. The Kier molecular flexibility index (Phi) is 5.26. The molecule has 3 rings (SSSR count). The van der Waals surface area contributed by atoms with E-state index in [4.69, 9.17) is 9.47 Å². The molecule has 130 valence electrons. The average molecular weight is 339 g/mol. The largest absolute Gasteiger partial charge is 0.383 e. The Hall–Kier alpha value is -2.50. The van der Waals surface area contributed by atoms with Crippen molar-refractivity contribution in [1.29, 1.82) is 0 Å². The summed E-state index contributed by atoms with van der Waals surface area (Å²) in [6, 6.07) is 12.9. The number of rotatable bonds is 7. The van der Waals surface area contributed by atoms with Crippen LogP contribution < -0.4 is 0 Å². The first-order valence-corrected chi connectivity index (χ1v) is 8.22. The number of ether oxygens (including phenoxy) is 2. The van der Waals surface area contributed by atoms with Gasteiger partial charge in [0.2, 0.25) is 0 Å². The van der Waals surface area contributed by atoms with Gasteiger partial charge in [0.15, 0.2) is 5.78 Å². The van der Waals surface area contributed by atoms with Crippen LogP contribution in [-0.2, 0) is 9.47 Å². The van der Waals surface area contributed by atoms with Crippen LogP contribution in [0, 0.1) is 0 Å². The highest BCUT2D eigenvalue weighted by Crippen LogP contribution is 2.36. The summed E-state index contributed by atoms with van der Waals surface area (Å²) in [6.07, 6.45) is 0. The smallest absolute Gasteiger partial charge is 0.254 e. The third-order valence-corrected chi connectivity index (χ3v) is 4.39. The number of methoxy groups -OCH3 is 2. The van der Waals surface area contributed by atoms with Gasteiger partial charge >= 0.3 is 0 Å². The Balaban J connectivity index is 1.89. The first-order chi connectivity index (χ1) is 12.2. The Morgan fingerprint density at radius 3 is 2.12 bits per heavy atom. The van der Waals surface area contributed by atoms with Crippen molar-refractivity contribution in [2.45, 2.75) is 0 Å². The molecule has 0 spiro atoms. The van der Waals surface area contributed by atoms with Crippen molar-refractivity contribution in [3.05, 3.63) is 59.2 Å². The molecule has 0 radical (unpaired) electrons. The van der Waals surface area contributed by atoms with Gasteiger partial charge in [0.1, 0.15) is 0 Å². The minimum atomic E-state index is -0.124. The molecule has 5 heteroatoms. The monoisotopic (exact) mass is 339 g/mol. The second-order valence-electron chi connectivity index (χ2n) is 5.91. The van der Waals surface area contributed by atoms with Gasteiger partial charge in [0, 0.05) is 44.0 Å². The minimum absolute atomic E-state index is 0.0272. The number of carbonyl (C=O) groups excluding carboxylic acids is 2. The summed E-state index contributed by atoms with van der Waals surface area (Å²) in [4.78, 5) is 27.1. The summed E-state index contributed by atoms with van der Waals surface area (Å²) >= 11 is 0. The zero-order valence-electron chi connectivity index (χ0n) is 14.5. The van der Waals surface area contributed by atoms with Crippen molar-refractivity contribution in [1.82, 2.24) is 4.90 Å². The van der Waals surface area contributed by atoms with E-state index >= 15 is 0 Å². The van der Waals surface area contributed by atoms with Gasteiger partial charge in [-0.2, -0.15) is 0 Å². The molecule has 1 amide bonds. The Morgan fingerprint density at radius 2 is 1.48 bits per heavy atom. The van der Waals surface area contributed by atoms with E-state index in [1.165, 1.54) is 0 Å². The molecule has 0 saturated carbocycles. The fourth-order valence-corrected chi connectivity index (χ4v) is 3.06. The lowest BCUT2D eigenvalue weighted by Gasteiger charge is -2.22. The molecule has 0 aliphatic heterocycles. The summed E-state index contributed by atoms with van der Waals surface area (Å²) in [5, 5.41) is 0. The van der Waals surface area contributed by atoms with E-state index in [-0.39, 0.29) is 11.7 Å². The predicted molar refractivity (Wildman–Crippen MR) is 95.0 cm³/mol. The average Bonchev–Trinajstić information content (AvgIpc) is 2.94. The molecule has 1 aliphatic rings. The first-order valence-electron chi connectivity index (χ1n) is 8.22. The molecular formula is C20H21NO4. The van der Waals surface area contributed by atoms with Crippen LogP contribution in [0.25, 0.3) is 11.1 Å². The van der Waals surface area contributed by atoms with E-state index < -0.39 is 0 Å². The number of hydrogen-bond donors (Lipinski definition) is 0. The SMILES string of the molecule is COCCN(CCOC)C(=O)c1ccc2c(c1)C(=O)c1ccccc1-2. The summed E-state index contributed by atoms with van der Waals surface area (Å²) in [6.45, 7) is 1.85. The van der Waals surface area contributed by atoms with Gasteiger partial charge in [-0.25, -0.2) is 0 Å². The Labute approximate surface area is 147 Å². The number of hydrogen-bond acceptors (Lipinski definition) is 4. The summed E-state index contributed by atoms with van der Waals surface area (Å²) in [5.74, 6) is -0.152. The molecule has 2 aromatic carbocycles. The topological polar surface area (TPSA) is 55.8 Å². The molecule has 0 aromatic heterocycles.